The molecule has 0 spiro atoms. The number of hydrogen-bond acceptors (Lipinski definition) is 8. The smallest absolute Gasteiger partial charge is 0.230 e. The molecule has 1 aliphatic heterocycles. The van der Waals surface area contributed by atoms with Gasteiger partial charge in [0.05, 0.1) is 23.5 Å². The van der Waals surface area contributed by atoms with Crippen molar-refractivity contribution in [3.05, 3.63) is 84.0 Å². The Morgan fingerprint density at radius 1 is 1.07 bits per heavy atom. The zero-order valence-corrected chi connectivity index (χ0v) is 26.6. The van der Waals surface area contributed by atoms with E-state index >= 15 is 0 Å². The number of thioether (sulfide) groups is 1. The highest BCUT2D eigenvalue weighted by molar-refractivity contribution is 8.00. The van der Waals surface area contributed by atoms with Gasteiger partial charge in [-0.05, 0) is 72.6 Å². The highest BCUT2D eigenvalue weighted by Gasteiger charge is 2.63. The van der Waals surface area contributed by atoms with E-state index in [2.05, 4.69) is 19.6 Å². The maximum absolute atomic E-state index is 10.7. The predicted octanol–water partition coefficient (Wildman–Crippen LogP) is 6.98. The van der Waals surface area contributed by atoms with Crippen LogP contribution in [0.2, 0.25) is 0 Å². The topological polar surface area (TPSA) is 101 Å². The van der Waals surface area contributed by atoms with Crippen LogP contribution in [0.25, 0.3) is 0 Å². The zero-order valence-electron chi connectivity index (χ0n) is 25.8. The molecule has 3 aliphatic rings. The van der Waals surface area contributed by atoms with Crippen LogP contribution in [0.1, 0.15) is 68.9 Å². The Labute approximate surface area is 266 Å². The summed E-state index contributed by atoms with van der Waals surface area (Å²) >= 11 is 1.82. The minimum atomic E-state index is -0.959. The molecule has 0 amide bonds. The molecule has 0 bridgehead atoms. The number of phenols is 1. The molecule has 2 aromatic carbocycles. The lowest BCUT2D eigenvalue weighted by Crippen LogP contribution is -2.64. The molecule has 6 atom stereocenters. The molecule has 0 unspecified atom stereocenters. The third-order valence-electron chi connectivity index (χ3n) is 9.25. The van der Waals surface area contributed by atoms with E-state index in [0.717, 1.165) is 72.4 Å². The van der Waals surface area contributed by atoms with Crippen LogP contribution in [0.15, 0.2) is 78.0 Å². The summed E-state index contributed by atoms with van der Waals surface area (Å²) in [5, 5.41) is 34.8. The quantitative estimate of drug-likeness (QED) is 0.106. The summed E-state index contributed by atoms with van der Waals surface area (Å²) in [6.45, 7) is 7.17. The van der Waals surface area contributed by atoms with Gasteiger partial charge in [-0.2, -0.15) is 11.8 Å². The second-order valence-electron chi connectivity index (χ2n) is 12.0. The minimum Gasteiger partial charge on any atom is -0.508 e. The van der Waals surface area contributed by atoms with Gasteiger partial charge >= 0.3 is 0 Å². The Morgan fingerprint density at radius 3 is 2.57 bits per heavy atom. The van der Waals surface area contributed by atoms with Crippen LogP contribution in [-0.2, 0) is 16.2 Å². The number of benzene rings is 2. The maximum Gasteiger partial charge on any atom is 0.230 e. The number of aromatic hydroxyl groups is 1. The van der Waals surface area contributed by atoms with Gasteiger partial charge in [-0.3, -0.25) is 0 Å². The van der Waals surface area contributed by atoms with E-state index < -0.39 is 5.79 Å². The summed E-state index contributed by atoms with van der Waals surface area (Å²) in [5.74, 6) is 1.14. The normalized spacial score (nSPS) is 28.0. The molecule has 3 N–H and O–H groups in total. The van der Waals surface area contributed by atoms with Crippen molar-refractivity contribution in [2.24, 2.45) is 22.9 Å². The molecule has 0 radical (unpaired) electrons. The third kappa shape index (κ3) is 6.89. The highest BCUT2D eigenvalue weighted by Crippen LogP contribution is 2.62. The van der Waals surface area contributed by atoms with Crippen LogP contribution < -0.4 is 4.74 Å². The van der Waals surface area contributed by atoms with E-state index in [1.54, 1.807) is 12.1 Å². The van der Waals surface area contributed by atoms with Gasteiger partial charge in [0.1, 0.15) is 18.1 Å². The van der Waals surface area contributed by atoms with Crippen molar-refractivity contribution in [2.45, 2.75) is 75.4 Å². The molecular formula is C36H47NO6S. The van der Waals surface area contributed by atoms with Crippen molar-refractivity contribution in [3.63, 3.8) is 0 Å². The first-order valence-electron chi connectivity index (χ1n) is 16.1. The monoisotopic (exact) mass is 621 g/mol. The van der Waals surface area contributed by atoms with Gasteiger partial charge in [0.25, 0.3) is 0 Å². The molecule has 2 aromatic rings. The third-order valence-corrected chi connectivity index (χ3v) is 10.5. The van der Waals surface area contributed by atoms with Gasteiger partial charge in [-0.15, -0.1) is 6.58 Å². The average Bonchev–Trinajstić information content (AvgIpc) is 3.03. The van der Waals surface area contributed by atoms with Gasteiger partial charge in [0, 0.05) is 31.1 Å². The number of nitrogens with zero attached hydrogens (tertiary/aromatic N) is 1. The standard InChI is InChI=1S/C36H47NO6S/c1-3-20-41-36-33(44-4-2)23-31(37-42-24-25-12-6-5-7-13-25)29-21-26(14-8-10-18-38)28(15-9-11-19-39)34(35(29)36)30-22-27(40)16-17-32(30)43-36/h3,5-7,12-13,16-17,21-22,26,28,33-35,38-40H,1,4,8-11,14-15,18-20,23-24H2,2H3/t26-,28+,33-,34+,35+,36+/m0/s1. The molecule has 8 heteroatoms. The van der Waals surface area contributed by atoms with Crippen molar-refractivity contribution < 1.29 is 29.6 Å². The Morgan fingerprint density at radius 2 is 1.84 bits per heavy atom. The van der Waals surface area contributed by atoms with Crippen molar-refractivity contribution in [1.29, 1.82) is 0 Å². The van der Waals surface area contributed by atoms with Gasteiger partial charge in [0.15, 0.2) is 0 Å². The summed E-state index contributed by atoms with van der Waals surface area (Å²) in [6, 6.07) is 15.5. The molecule has 44 heavy (non-hydrogen) atoms. The molecule has 1 heterocycles. The largest absolute Gasteiger partial charge is 0.508 e. The number of allylic oxidation sites excluding steroid dienone is 1. The summed E-state index contributed by atoms with van der Waals surface area (Å²) in [6.07, 6.45) is 9.95. The van der Waals surface area contributed by atoms with E-state index in [4.69, 9.17) is 19.5 Å². The summed E-state index contributed by atoms with van der Waals surface area (Å²) in [5.41, 5.74) is 4.07. The molecule has 1 fully saturated rings. The second kappa shape index (κ2) is 15.5. The Balaban J connectivity index is 1.66. The molecule has 0 aromatic heterocycles. The molecule has 1 saturated carbocycles. The number of aliphatic hydroxyl groups is 2. The summed E-state index contributed by atoms with van der Waals surface area (Å²) in [4.78, 5) is 6.04. The van der Waals surface area contributed by atoms with Crippen molar-refractivity contribution in [2.75, 3.05) is 25.6 Å². The Hall–Kier alpha value is -2.78. The Kier molecular flexibility index (Phi) is 11.5. The predicted molar refractivity (Wildman–Crippen MR) is 176 cm³/mol. The van der Waals surface area contributed by atoms with Crippen LogP contribution in [0.4, 0.5) is 0 Å². The van der Waals surface area contributed by atoms with Gasteiger partial charge in [-0.25, -0.2) is 0 Å². The number of aliphatic hydroxyl groups excluding tert-OH is 2. The first kappa shape index (κ1) is 32.6. The van der Waals surface area contributed by atoms with Crippen molar-refractivity contribution >= 4 is 17.5 Å². The lowest BCUT2D eigenvalue weighted by Gasteiger charge is -2.58. The molecule has 238 valence electrons. The van der Waals surface area contributed by atoms with Crippen LogP contribution >= 0.6 is 11.8 Å². The van der Waals surface area contributed by atoms with Crippen molar-refractivity contribution in [1.82, 2.24) is 0 Å². The molecule has 0 saturated heterocycles. The van der Waals surface area contributed by atoms with E-state index in [1.165, 1.54) is 0 Å². The molecule has 2 aliphatic carbocycles. The molecule has 7 nitrogen and oxygen atoms in total. The molecular weight excluding hydrogens is 574 g/mol. The fourth-order valence-corrected chi connectivity index (χ4v) is 8.62. The SMILES string of the molecule is C=CCO[C@@]12Oc3ccc(O)cc3[C@H]3[C@H](CCCCO)[C@@H](CCCCO)C=C(C(=NOCc4ccccc4)C[C@@H]1SCC)[C@H]32. The van der Waals surface area contributed by atoms with Gasteiger partial charge in [0.2, 0.25) is 5.79 Å². The van der Waals surface area contributed by atoms with Crippen LogP contribution in [0.5, 0.6) is 11.5 Å². The van der Waals surface area contributed by atoms with Crippen LogP contribution in [0.3, 0.4) is 0 Å². The Bertz CT molecular complexity index is 1300. The number of hydrogen-bond donors (Lipinski definition) is 3. The first-order chi connectivity index (χ1) is 21.6. The van der Waals surface area contributed by atoms with E-state index in [9.17, 15) is 15.3 Å². The fraction of sp³-hybridized carbons (Fsp3) is 0.528. The number of ether oxygens (including phenoxy) is 2. The van der Waals surface area contributed by atoms with E-state index in [0.29, 0.717) is 19.6 Å². The average molecular weight is 622 g/mol. The van der Waals surface area contributed by atoms with Crippen molar-refractivity contribution in [3.8, 4) is 11.5 Å². The number of unbranched alkanes of at least 4 members (excludes halogenated alkanes) is 2. The van der Waals surface area contributed by atoms with Gasteiger partial charge < -0.3 is 29.6 Å². The van der Waals surface area contributed by atoms with Crippen LogP contribution in [-0.4, -0.2) is 57.6 Å². The number of rotatable bonds is 16. The summed E-state index contributed by atoms with van der Waals surface area (Å²) in [7, 11) is 0. The second-order valence-corrected chi connectivity index (χ2v) is 13.5. The number of oxime groups is 1. The molecule has 5 rings (SSSR count). The van der Waals surface area contributed by atoms with Gasteiger partial charge in [-0.1, -0.05) is 67.4 Å². The van der Waals surface area contributed by atoms with Crippen LogP contribution in [0, 0.1) is 17.8 Å². The first-order valence-corrected chi connectivity index (χ1v) is 17.2. The lowest BCUT2D eigenvalue weighted by atomic mass is 9.56. The fourth-order valence-electron chi connectivity index (χ4n) is 7.45. The van der Waals surface area contributed by atoms with E-state index in [1.807, 2.05) is 54.2 Å². The maximum atomic E-state index is 10.7. The van der Waals surface area contributed by atoms with E-state index in [-0.39, 0.29) is 47.9 Å². The minimum absolute atomic E-state index is 0.00642. The highest BCUT2D eigenvalue weighted by atomic mass is 32.2. The number of fused-ring (bicyclic) bond motifs is 2. The lowest BCUT2D eigenvalue weighted by molar-refractivity contribution is -0.223. The number of phenolic OH excluding ortho intramolecular Hbond substituents is 1. The zero-order chi connectivity index (χ0) is 30.9. The summed E-state index contributed by atoms with van der Waals surface area (Å²) < 4.78 is 13.8.